The topological polar surface area (TPSA) is 77.5 Å². The van der Waals surface area contributed by atoms with E-state index in [1.54, 1.807) is 13.4 Å². The first-order chi connectivity index (χ1) is 19.0. The molecule has 4 rings (SSSR count). The standard InChI is InChI=1S/C32H54N4O3Si2/c1-31(2,3)40(8,9)38-20-23-16-24(18-26(23)39-41(10,11)32(4,5)6)35-28-19-29(34-21-33-28)36-30-25-15-13-12-14-22(25)17-27(30)37-7/h12-15,19,21,23-24,26-27,30H,16-18,20H2,1-11H3,(H2,33,34,35,36)/t23-,24+,26-,27-,30+/m0/s1. The van der Waals surface area contributed by atoms with Gasteiger partial charge in [-0.05, 0) is 60.2 Å². The van der Waals surface area contributed by atoms with Crippen LogP contribution in [-0.2, 0) is 20.0 Å². The first kappa shape index (κ1) is 32.1. The molecule has 2 aromatic rings. The summed E-state index contributed by atoms with van der Waals surface area (Å²) in [6.45, 7) is 24.0. The zero-order valence-electron chi connectivity index (χ0n) is 27.3. The van der Waals surface area contributed by atoms with Crippen LogP contribution in [0.5, 0.6) is 0 Å². The lowest BCUT2D eigenvalue weighted by molar-refractivity contribution is 0.0959. The van der Waals surface area contributed by atoms with E-state index in [0.29, 0.717) is 5.92 Å². The van der Waals surface area contributed by atoms with Crippen molar-refractivity contribution in [3.8, 4) is 0 Å². The summed E-state index contributed by atoms with van der Waals surface area (Å²) in [4.78, 5) is 9.14. The number of nitrogens with one attached hydrogen (secondary N) is 2. The maximum absolute atomic E-state index is 7.04. The van der Waals surface area contributed by atoms with Gasteiger partial charge in [-0.25, -0.2) is 9.97 Å². The van der Waals surface area contributed by atoms with E-state index in [-0.39, 0.29) is 34.4 Å². The van der Waals surface area contributed by atoms with Gasteiger partial charge in [0.1, 0.15) is 18.0 Å². The molecule has 9 heteroatoms. The van der Waals surface area contributed by atoms with Gasteiger partial charge in [0.05, 0.1) is 18.2 Å². The first-order valence-corrected chi connectivity index (χ1v) is 21.1. The van der Waals surface area contributed by atoms with Crippen molar-refractivity contribution in [1.29, 1.82) is 0 Å². The predicted octanol–water partition coefficient (Wildman–Crippen LogP) is 7.80. The molecule has 7 nitrogen and oxygen atoms in total. The van der Waals surface area contributed by atoms with Crippen LogP contribution in [0, 0.1) is 5.92 Å². The van der Waals surface area contributed by atoms with Crippen molar-refractivity contribution in [2.75, 3.05) is 24.4 Å². The summed E-state index contributed by atoms with van der Waals surface area (Å²) >= 11 is 0. The van der Waals surface area contributed by atoms with Gasteiger partial charge in [-0.2, -0.15) is 0 Å². The van der Waals surface area contributed by atoms with Gasteiger partial charge in [0, 0.05) is 38.2 Å². The highest BCUT2D eigenvalue weighted by Gasteiger charge is 2.45. The van der Waals surface area contributed by atoms with Crippen molar-refractivity contribution >= 4 is 28.3 Å². The van der Waals surface area contributed by atoms with Crippen molar-refractivity contribution in [1.82, 2.24) is 9.97 Å². The summed E-state index contributed by atoms with van der Waals surface area (Å²) in [5, 5.41) is 7.71. The van der Waals surface area contributed by atoms with E-state index in [1.807, 2.05) is 6.07 Å². The Morgan fingerprint density at radius 3 is 2.12 bits per heavy atom. The van der Waals surface area contributed by atoms with Gasteiger partial charge in [-0.15, -0.1) is 0 Å². The summed E-state index contributed by atoms with van der Waals surface area (Å²) in [6.07, 6.45) is 4.74. The summed E-state index contributed by atoms with van der Waals surface area (Å²) in [6, 6.07) is 10.9. The molecule has 2 N–H and O–H groups in total. The molecular weight excluding hydrogens is 545 g/mol. The molecule has 0 spiro atoms. The third kappa shape index (κ3) is 7.41. The monoisotopic (exact) mass is 598 g/mol. The molecule has 1 aromatic heterocycles. The largest absolute Gasteiger partial charge is 0.416 e. The van der Waals surface area contributed by atoms with Crippen molar-refractivity contribution in [2.24, 2.45) is 5.92 Å². The summed E-state index contributed by atoms with van der Waals surface area (Å²) in [7, 11) is -2.01. The quantitative estimate of drug-likeness (QED) is 0.270. The van der Waals surface area contributed by atoms with Crippen molar-refractivity contribution < 1.29 is 13.6 Å². The second-order valence-corrected chi connectivity index (χ2v) is 24.7. The minimum atomic E-state index is -1.93. The highest BCUT2D eigenvalue weighted by Crippen LogP contribution is 2.43. The molecule has 2 aliphatic rings. The molecule has 0 saturated heterocycles. The molecule has 0 aliphatic heterocycles. The second kappa shape index (κ2) is 12.1. The molecule has 1 fully saturated rings. The fourth-order valence-electron chi connectivity index (χ4n) is 5.44. The second-order valence-electron chi connectivity index (χ2n) is 15.1. The van der Waals surface area contributed by atoms with E-state index in [9.17, 15) is 0 Å². The number of hydrogen-bond acceptors (Lipinski definition) is 7. The zero-order valence-corrected chi connectivity index (χ0v) is 29.3. The lowest BCUT2D eigenvalue weighted by Gasteiger charge is -2.41. The van der Waals surface area contributed by atoms with E-state index in [0.717, 1.165) is 37.5 Å². The molecule has 0 amide bonds. The molecule has 1 heterocycles. The highest BCUT2D eigenvalue weighted by molar-refractivity contribution is 6.74. The number of benzene rings is 1. The molecule has 0 unspecified atom stereocenters. The van der Waals surface area contributed by atoms with Gasteiger partial charge >= 0.3 is 0 Å². The van der Waals surface area contributed by atoms with Crippen LogP contribution in [0.2, 0.25) is 36.3 Å². The molecule has 5 atom stereocenters. The van der Waals surface area contributed by atoms with E-state index in [1.165, 1.54) is 11.1 Å². The SMILES string of the molecule is CO[C@H]1Cc2ccccc2[C@H]1Nc1cc(N[C@@H]2C[C@@H](CO[Si](C)(C)C(C)(C)C)[C@@H](O[Si](C)(C)C(C)(C)C)C2)ncn1. The van der Waals surface area contributed by atoms with E-state index in [4.69, 9.17) is 13.6 Å². The molecule has 0 radical (unpaired) electrons. The Labute approximate surface area is 250 Å². The van der Waals surface area contributed by atoms with Gasteiger partial charge in [0.25, 0.3) is 0 Å². The minimum Gasteiger partial charge on any atom is -0.416 e. The molecule has 2 aliphatic carbocycles. The molecule has 1 saturated carbocycles. The third-order valence-corrected chi connectivity index (χ3v) is 19.2. The molecule has 0 bridgehead atoms. The van der Waals surface area contributed by atoms with Crippen molar-refractivity contribution in [2.45, 2.75) is 121 Å². The number of aromatic nitrogens is 2. The Bertz CT molecular complexity index is 1180. The van der Waals surface area contributed by atoms with E-state index in [2.05, 4.69) is 113 Å². The van der Waals surface area contributed by atoms with Crippen LogP contribution in [0.4, 0.5) is 11.6 Å². The van der Waals surface area contributed by atoms with Crippen molar-refractivity contribution in [3.63, 3.8) is 0 Å². The summed E-state index contributed by atoms with van der Waals surface area (Å²) in [5.74, 6) is 1.99. The summed E-state index contributed by atoms with van der Waals surface area (Å²) < 4.78 is 19.6. The number of fused-ring (bicyclic) bond motifs is 1. The minimum absolute atomic E-state index is 0.0599. The number of rotatable bonds is 10. The Hall–Kier alpha value is -1.79. The average molecular weight is 599 g/mol. The Morgan fingerprint density at radius 1 is 0.854 bits per heavy atom. The average Bonchev–Trinajstić information content (AvgIpc) is 3.41. The number of nitrogens with zero attached hydrogens (tertiary/aromatic N) is 2. The van der Waals surface area contributed by atoms with Gasteiger partial charge in [0.2, 0.25) is 0 Å². The maximum Gasteiger partial charge on any atom is 0.192 e. The van der Waals surface area contributed by atoms with Crippen LogP contribution in [0.15, 0.2) is 36.7 Å². The van der Waals surface area contributed by atoms with Crippen LogP contribution < -0.4 is 10.6 Å². The summed E-state index contributed by atoms with van der Waals surface area (Å²) in [5.41, 5.74) is 2.60. The van der Waals surface area contributed by atoms with E-state index >= 15 is 0 Å². The normalized spacial score (nSPS) is 25.3. The fourth-order valence-corrected chi connectivity index (χ4v) is 7.91. The third-order valence-electron chi connectivity index (χ3n) is 10.2. The number of methoxy groups -OCH3 is 1. The van der Waals surface area contributed by atoms with Gasteiger partial charge < -0.3 is 24.2 Å². The van der Waals surface area contributed by atoms with Gasteiger partial charge in [-0.1, -0.05) is 65.8 Å². The van der Waals surface area contributed by atoms with Crippen LogP contribution >= 0.6 is 0 Å². The van der Waals surface area contributed by atoms with Crippen molar-refractivity contribution in [3.05, 3.63) is 47.8 Å². The highest BCUT2D eigenvalue weighted by atomic mass is 28.4. The lowest BCUT2D eigenvalue weighted by Crippen LogP contribution is -2.46. The van der Waals surface area contributed by atoms with Gasteiger partial charge in [0.15, 0.2) is 16.6 Å². The Balaban J connectivity index is 1.47. The number of ether oxygens (including phenoxy) is 1. The van der Waals surface area contributed by atoms with Crippen LogP contribution in [0.25, 0.3) is 0 Å². The molecule has 41 heavy (non-hydrogen) atoms. The number of anilines is 2. The van der Waals surface area contributed by atoms with Crippen LogP contribution in [-0.4, -0.2) is 58.6 Å². The maximum atomic E-state index is 7.04. The Morgan fingerprint density at radius 2 is 1.49 bits per heavy atom. The number of hydrogen-bond donors (Lipinski definition) is 2. The molecule has 228 valence electrons. The smallest absolute Gasteiger partial charge is 0.192 e. The van der Waals surface area contributed by atoms with Gasteiger partial charge in [-0.3, -0.25) is 0 Å². The fraction of sp³-hybridized carbons (Fsp3) is 0.688. The Kier molecular flexibility index (Phi) is 9.46. The van der Waals surface area contributed by atoms with Crippen LogP contribution in [0.1, 0.15) is 71.6 Å². The van der Waals surface area contributed by atoms with E-state index < -0.39 is 16.6 Å². The molecular formula is C32H54N4O3Si2. The zero-order chi connectivity index (χ0) is 30.2. The first-order valence-electron chi connectivity index (χ1n) is 15.3. The lowest BCUT2D eigenvalue weighted by atomic mass is 10.1. The van der Waals surface area contributed by atoms with Crippen LogP contribution in [0.3, 0.4) is 0 Å². The molecule has 1 aromatic carbocycles. The predicted molar refractivity (Wildman–Crippen MR) is 175 cm³/mol.